The van der Waals surface area contributed by atoms with Crippen LogP contribution in [0.25, 0.3) is 5.52 Å². The minimum absolute atomic E-state index is 0.0375. The molecule has 2 aromatic heterocycles. The van der Waals surface area contributed by atoms with Crippen LogP contribution in [-0.4, -0.2) is 35.5 Å². The molecule has 1 amide bonds. The molecule has 0 saturated heterocycles. The first kappa shape index (κ1) is 17.8. The molecule has 2 heterocycles. The summed E-state index contributed by atoms with van der Waals surface area (Å²) in [6.45, 7) is 2.06. The normalized spacial score (nSPS) is 11.6. The molecule has 9 nitrogen and oxygen atoms in total. The van der Waals surface area contributed by atoms with Gasteiger partial charge in [0.05, 0.1) is 4.90 Å². The van der Waals surface area contributed by atoms with E-state index in [-0.39, 0.29) is 16.1 Å². The van der Waals surface area contributed by atoms with Gasteiger partial charge in [-0.25, -0.2) is 18.1 Å². The van der Waals surface area contributed by atoms with Crippen LogP contribution in [0.2, 0.25) is 0 Å². The topological polar surface area (TPSA) is 139 Å². The van der Waals surface area contributed by atoms with Crippen molar-refractivity contribution in [2.75, 3.05) is 6.54 Å². The maximum atomic E-state index is 12.2. The number of aryl methyl sites for hydroxylation is 1. The van der Waals surface area contributed by atoms with Crippen LogP contribution < -0.4 is 16.0 Å². The van der Waals surface area contributed by atoms with Crippen molar-refractivity contribution in [3.8, 4) is 0 Å². The number of hydrogen-bond donors (Lipinski definition) is 3. The largest absolute Gasteiger partial charge is 0.350 e. The number of sulfonamides is 1. The van der Waals surface area contributed by atoms with Gasteiger partial charge in [-0.1, -0.05) is 12.1 Å². The van der Waals surface area contributed by atoms with Gasteiger partial charge in [0.25, 0.3) is 11.5 Å². The molecule has 3 rings (SSSR count). The molecule has 3 aromatic rings. The lowest BCUT2D eigenvalue weighted by atomic mass is 10.1. The van der Waals surface area contributed by atoms with E-state index in [1.54, 1.807) is 25.3 Å². The van der Waals surface area contributed by atoms with E-state index in [4.69, 9.17) is 5.14 Å². The first-order valence-corrected chi connectivity index (χ1v) is 9.28. The van der Waals surface area contributed by atoms with Crippen LogP contribution in [0.3, 0.4) is 0 Å². The number of aromatic nitrogens is 3. The number of nitrogens with two attached hydrogens (primary N) is 1. The minimum atomic E-state index is -3.72. The Kier molecular flexibility index (Phi) is 4.62. The number of H-pyrrole nitrogens is 1. The highest BCUT2D eigenvalue weighted by Crippen LogP contribution is 2.09. The SMILES string of the molecule is Cc1cn2nc(C(=O)NCCc3ccc(S(N)(=O)=O)cc3)cc2c(=O)[nH]1. The van der Waals surface area contributed by atoms with Gasteiger partial charge in [-0.05, 0) is 31.0 Å². The molecule has 0 unspecified atom stereocenters. The van der Waals surface area contributed by atoms with Crippen molar-refractivity contribution in [3.05, 3.63) is 63.8 Å². The van der Waals surface area contributed by atoms with E-state index in [0.717, 1.165) is 5.56 Å². The smallest absolute Gasteiger partial charge is 0.274 e. The van der Waals surface area contributed by atoms with Crippen molar-refractivity contribution in [3.63, 3.8) is 0 Å². The lowest BCUT2D eigenvalue weighted by molar-refractivity contribution is 0.0949. The molecule has 0 radical (unpaired) electrons. The van der Waals surface area contributed by atoms with Crippen molar-refractivity contribution >= 4 is 21.4 Å². The van der Waals surface area contributed by atoms with E-state index in [2.05, 4.69) is 15.4 Å². The molecule has 10 heteroatoms. The Bertz CT molecular complexity index is 1130. The van der Waals surface area contributed by atoms with E-state index in [0.29, 0.717) is 24.2 Å². The highest BCUT2D eigenvalue weighted by molar-refractivity contribution is 7.89. The van der Waals surface area contributed by atoms with Crippen LogP contribution in [0.5, 0.6) is 0 Å². The summed E-state index contributed by atoms with van der Waals surface area (Å²) in [5.74, 6) is -0.396. The fourth-order valence-corrected chi connectivity index (χ4v) is 3.00. The maximum absolute atomic E-state index is 12.2. The summed E-state index contributed by atoms with van der Waals surface area (Å²) in [7, 11) is -3.72. The van der Waals surface area contributed by atoms with Crippen LogP contribution in [0.15, 0.2) is 46.2 Å². The Morgan fingerprint density at radius 1 is 1.31 bits per heavy atom. The number of aromatic amines is 1. The van der Waals surface area contributed by atoms with Gasteiger partial charge in [0.15, 0.2) is 5.69 Å². The Labute approximate surface area is 148 Å². The van der Waals surface area contributed by atoms with Crippen molar-refractivity contribution in [1.82, 2.24) is 19.9 Å². The third-order valence-electron chi connectivity index (χ3n) is 3.78. The number of carbonyl (C=O) groups is 1. The second-order valence-corrected chi connectivity index (χ2v) is 7.38. The number of primary sulfonamides is 1. The number of carbonyl (C=O) groups excluding carboxylic acids is 1. The monoisotopic (exact) mass is 375 g/mol. The Morgan fingerprint density at radius 3 is 2.65 bits per heavy atom. The molecule has 26 heavy (non-hydrogen) atoms. The van der Waals surface area contributed by atoms with Crippen molar-refractivity contribution < 1.29 is 13.2 Å². The zero-order chi connectivity index (χ0) is 18.9. The maximum Gasteiger partial charge on any atom is 0.274 e. The molecular weight excluding hydrogens is 358 g/mol. The fourth-order valence-electron chi connectivity index (χ4n) is 2.49. The van der Waals surface area contributed by atoms with Gasteiger partial charge in [-0.15, -0.1) is 0 Å². The molecule has 136 valence electrons. The predicted octanol–water partition coefficient (Wildman–Crippen LogP) is -0.0491. The van der Waals surface area contributed by atoms with E-state index in [1.807, 2.05) is 0 Å². The molecule has 0 aliphatic rings. The van der Waals surface area contributed by atoms with E-state index in [9.17, 15) is 18.0 Å². The molecule has 0 fully saturated rings. The minimum Gasteiger partial charge on any atom is -0.350 e. The molecule has 0 aliphatic heterocycles. The van der Waals surface area contributed by atoms with Crippen LogP contribution >= 0.6 is 0 Å². The molecular formula is C16H17N5O4S. The molecule has 4 N–H and O–H groups in total. The molecule has 0 atom stereocenters. The summed E-state index contributed by atoms with van der Waals surface area (Å²) >= 11 is 0. The summed E-state index contributed by atoms with van der Waals surface area (Å²) in [5, 5.41) is 11.9. The average molecular weight is 375 g/mol. The number of nitrogens with one attached hydrogen (secondary N) is 2. The molecule has 0 saturated carbocycles. The van der Waals surface area contributed by atoms with Gasteiger partial charge in [-0.3, -0.25) is 9.59 Å². The van der Waals surface area contributed by atoms with Gasteiger partial charge in [0.2, 0.25) is 10.0 Å². The van der Waals surface area contributed by atoms with Crippen molar-refractivity contribution in [2.24, 2.45) is 5.14 Å². The van der Waals surface area contributed by atoms with Gasteiger partial charge >= 0.3 is 0 Å². The number of benzene rings is 1. The lowest BCUT2D eigenvalue weighted by Gasteiger charge is -2.04. The third kappa shape index (κ3) is 3.81. The van der Waals surface area contributed by atoms with E-state index >= 15 is 0 Å². The van der Waals surface area contributed by atoms with Gasteiger partial charge in [0.1, 0.15) is 5.52 Å². The van der Waals surface area contributed by atoms with Crippen LogP contribution in [0.1, 0.15) is 21.7 Å². The second kappa shape index (κ2) is 6.73. The number of amides is 1. The van der Waals surface area contributed by atoms with Crippen LogP contribution in [-0.2, 0) is 16.4 Å². The Hall–Kier alpha value is -2.98. The molecule has 0 aliphatic carbocycles. The first-order chi connectivity index (χ1) is 12.2. The summed E-state index contributed by atoms with van der Waals surface area (Å²) in [6.07, 6.45) is 2.13. The second-order valence-electron chi connectivity index (χ2n) is 5.82. The number of fused-ring (bicyclic) bond motifs is 1. The highest BCUT2D eigenvalue weighted by Gasteiger charge is 2.13. The molecule has 1 aromatic carbocycles. The summed E-state index contributed by atoms with van der Waals surface area (Å²) in [4.78, 5) is 26.7. The van der Waals surface area contributed by atoms with Crippen molar-refractivity contribution in [1.29, 1.82) is 0 Å². The Balaban J connectivity index is 1.64. The number of hydrogen-bond acceptors (Lipinski definition) is 5. The third-order valence-corrected chi connectivity index (χ3v) is 4.71. The quantitative estimate of drug-likeness (QED) is 0.574. The van der Waals surface area contributed by atoms with Crippen LogP contribution in [0, 0.1) is 6.92 Å². The average Bonchev–Trinajstić information content (AvgIpc) is 2.99. The van der Waals surface area contributed by atoms with E-state index in [1.165, 1.54) is 22.7 Å². The molecule has 0 spiro atoms. The standard InChI is InChI=1S/C16H17N5O4S/c1-10-9-21-14(16(23)19-10)8-13(20-21)15(22)18-7-6-11-2-4-12(5-3-11)26(17,24)25/h2-5,8-9H,6-7H2,1H3,(H,18,22)(H,19,23)(H2,17,24,25). The van der Waals surface area contributed by atoms with Gasteiger partial charge in [0, 0.05) is 24.5 Å². The summed E-state index contributed by atoms with van der Waals surface area (Å²) in [6, 6.07) is 7.54. The fraction of sp³-hybridized carbons (Fsp3) is 0.188. The van der Waals surface area contributed by atoms with Crippen molar-refractivity contribution in [2.45, 2.75) is 18.2 Å². The number of nitrogens with zero attached hydrogens (tertiary/aromatic N) is 2. The Morgan fingerprint density at radius 2 is 2.00 bits per heavy atom. The van der Waals surface area contributed by atoms with Gasteiger partial charge < -0.3 is 10.3 Å². The summed E-state index contributed by atoms with van der Waals surface area (Å²) in [5.41, 5.74) is 1.61. The van der Waals surface area contributed by atoms with E-state index < -0.39 is 15.9 Å². The molecule has 0 bridgehead atoms. The zero-order valence-electron chi connectivity index (χ0n) is 13.9. The van der Waals surface area contributed by atoms with Crippen LogP contribution in [0.4, 0.5) is 0 Å². The first-order valence-electron chi connectivity index (χ1n) is 7.73. The lowest BCUT2D eigenvalue weighted by Crippen LogP contribution is -2.26. The van der Waals surface area contributed by atoms with Gasteiger partial charge in [-0.2, -0.15) is 5.10 Å². The highest BCUT2D eigenvalue weighted by atomic mass is 32.2. The number of rotatable bonds is 5. The summed E-state index contributed by atoms with van der Waals surface area (Å²) < 4.78 is 23.8. The predicted molar refractivity (Wildman–Crippen MR) is 94.4 cm³/mol. The zero-order valence-corrected chi connectivity index (χ0v) is 14.7.